The summed E-state index contributed by atoms with van der Waals surface area (Å²) in [5.74, 6) is -8.44. The number of nitrogens with one attached hydrogen (secondary N) is 3. The standard InChI is InChI=1S/C25H15Cl5F5N3O3/c26-9-3-8(4-10(27)5-9)16-17(25(16,29)30)23(40)36-11-6-12(18(28)14(32)7-11)22(39)37-15-2-1-13(31)20(19(15)33)38-24(41)21(34)35/h1-7,16-17,21-22,37,39H,(H,36,40)(H,38,41)/t16-,17+,22?/m0/s1. The summed E-state index contributed by atoms with van der Waals surface area (Å²) in [5.41, 5.74) is -1.99. The molecule has 218 valence electrons. The molecule has 1 saturated carbocycles. The van der Waals surface area contributed by atoms with E-state index in [2.05, 4.69) is 10.6 Å². The predicted molar refractivity (Wildman–Crippen MR) is 147 cm³/mol. The molecule has 0 saturated heterocycles. The number of halogens is 10. The third kappa shape index (κ3) is 6.60. The lowest BCUT2D eigenvalue weighted by Gasteiger charge is -2.19. The van der Waals surface area contributed by atoms with Crippen LogP contribution in [0.25, 0.3) is 0 Å². The van der Waals surface area contributed by atoms with E-state index in [9.17, 15) is 36.6 Å². The van der Waals surface area contributed by atoms with Crippen LogP contribution in [0.3, 0.4) is 0 Å². The first-order chi connectivity index (χ1) is 19.1. The summed E-state index contributed by atoms with van der Waals surface area (Å²) >= 11 is 30.7. The minimum absolute atomic E-state index is 0.198. The second-order valence-corrected chi connectivity index (χ2v) is 11.5. The van der Waals surface area contributed by atoms with Crippen molar-refractivity contribution in [3.63, 3.8) is 0 Å². The van der Waals surface area contributed by atoms with E-state index < -0.39 is 80.0 Å². The van der Waals surface area contributed by atoms with E-state index in [1.54, 1.807) is 0 Å². The number of hydrogen-bond donors (Lipinski definition) is 4. The Labute approximate surface area is 253 Å². The number of hydrogen-bond acceptors (Lipinski definition) is 4. The summed E-state index contributed by atoms with van der Waals surface area (Å²) in [4.78, 5) is 24.2. The maximum Gasteiger partial charge on any atom is 0.315 e. The lowest BCUT2D eigenvalue weighted by atomic mass is 10.1. The van der Waals surface area contributed by atoms with Gasteiger partial charge in [0.1, 0.15) is 21.7 Å². The molecule has 1 aliphatic rings. The van der Waals surface area contributed by atoms with E-state index in [1.165, 1.54) is 23.5 Å². The highest BCUT2D eigenvalue weighted by Crippen LogP contribution is 2.65. The first-order valence-corrected chi connectivity index (χ1v) is 13.2. The number of carbonyl (C=O) groups is 2. The molecular weight excluding hydrogens is 663 g/mol. The van der Waals surface area contributed by atoms with Gasteiger partial charge in [-0.25, -0.2) is 13.2 Å². The summed E-state index contributed by atoms with van der Waals surface area (Å²) in [7, 11) is 0. The van der Waals surface area contributed by atoms with Gasteiger partial charge in [0.25, 0.3) is 5.91 Å². The van der Waals surface area contributed by atoms with Gasteiger partial charge in [-0.1, -0.05) is 34.8 Å². The smallest absolute Gasteiger partial charge is 0.315 e. The van der Waals surface area contributed by atoms with Crippen molar-refractivity contribution >= 4 is 86.9 Å². The van der Waals surface area contributed by atoms with Crippen molar-refractivity contribution in [2.24, 2.45) is 5.92 Å². The van der Waals surface area contributed by atoms with Crippen LogP contribution in [0.15, 0.2) is 42.5 Å². The van der Waals surface area contributed by atoms with Crippen LogP contribution in [0.1, 0.15) is 23.3 Å². The molecule has 0 aromatic heterocycles. The van der Waals surface area contributed by atoms with Crippen LogP contribution in [0.5, 0.6) is 0 Å². The second-order valence-electron chi connectivity index (χ2n) is 8.80. The summed E-state index contributed by atoms with van der Waals surface area (Å²) in [6.45, 7) is 0. The monoisotopic (exact) mass is 675 g/mol. The highest BCUT2D eigenvalue weighted by molar-refractivity contribution is 6.53. The van der Waals surface area contributed by atoms with E-state index in [0.717, 1.165) is 18.2 Å². The molecule has 3 aromatic carbocycles. The number of rotatable bonds is 8. The van der Waals surface area contributed by atoms with Gasteiger partial charge < -0.3 is 21.1 Å². The molecule has 4 rings (SSSR count). The number of alkyl halides is 4. The normalized spacial score (nSPS) is 18.1. The van der Waals surface area contributed by atoms with Gasteiger partial charge in [0.15, 0.2) is 12.0 Å². The number of benzene rings is 3. The van der Waals surface area contributed by atoms with Crippen LogP contribution < -0.4 is 16.0 Å². The predicted octanol–water partition coefficient (Wildman–Crippen LogP) is 7.90. The van der Waals surface area contributed by atoms with Crippen LogP contribution >= 0.6 is 58.0 Å². The molecule has 0 bridgehead atoms. The highest BCUT2D eigenvalue weighted by atomic mass is 35.5. The number of aliphatic hydroxyl groups is 1. The topological polar surface area (TPSA) is 90.5 Å². The SMILES string of the molecule is O=C(Nc1c(F)ccc(NC(O)c2cc(NC(=O)[C@H]3[C@H](c4cc(Cl)cc(Cl)c4)C3(Cl)Cl)cc(F)c2Cl)c1F)C(F)F. The third-order valence-electron chi connectivity index (χ3n) is 6.03. The Morgan fingerprint density at radius 3 is 2.15 bits per heavy atom. The molecule has 1 aliphatic carbocycles. The Kier molecular flexibility index (Phi) is 9.18. The fourth-order valence-corrected chi connectivity index (χ4v) is 5.69. The van der Waals surface area contributed by atoms with Gasteiger partial charge >= 0.3 is 6.43 Å². The average molecular weight is 678 g/mol. The van der Waals surface area contributed by atoms with Crippen molar-refractivity contribution in [3.8, 4) is 0 Å². The number of anilines is 3. The minimum atomic E-state index is -3.56. The third-order valence-corrected chi connectivity index (χ3v) is 7.80. The molecule has 41 heavy (non-hydrogen) atoms. The summed E-state index contributed by atoms with van der Waals surface area (Å²) < 4.78 is 66.9. The van der Waals surface area contributed by atoms with Crippen molar-refractivity contribution in [3.05, 3.63) is 86.1 Å². The largest absolute Gasteiger partial charge is 0.369 e. The zero-order valence-electron chi connectivity index (χ0n) is 19.9. The molecule has 0 heterocycles. The zero-order chi connectivity index (χ0) is 30.4. The van der Waals surface area contributed by atoms with Crippen LogP contribution in [0.2, 0.25) is 15.1 Å². The van der Waals surface area contributed by atoms with Gasteiger partial charge in [-0.2, -0.15) is 8.78 Å². The molecule has 3 aromatic rings. The van der Waals surface area contributed by atoms with Crippen molar-refractivity contribution < 1.29 is 36.6 Å². The van der Waals surface area contributed by atoms with E-state index in [4.69, 9.17) is 58.0 Å². The molecule has 0 spiro atoms. The molecule has 1 fully saturated rings. The first kappa shape index (κ1) is 31.4. The van der Waals surface area contributed by atoms with E-state index >= 15 is 0 Å². The van der Waals surface area contributed by atoms with Gasteiger partial charge in [0, 0.05) is 27.2 Å². The van der Waals surface area contributed by atoms with Gasteiger partial charge in [-0.05, 0) is 48.0 Å². The van der Waals surface area contributed by atoms with Gasteiger partial charge in [-0.15, -0.1) is 23.2 Å². The fourth-order valence-electron chi connectivity index (χ4n) is 4.11. The van der Waals surface area contributed by atoms with Crippen LogP contribution in [-0.2, 0) is 9.59 Å². The molecule has 3 atom stereocenters. The Hall–Kier alpha value is -2.54. The van der Waals surface area contributed by atoms with Gasteiger partial charge in [0.2, 0.25) is 5.91 Å². The van der Waals surface area contributed by atoms with Gasteiger partial charge in [-0.3, -0.25) is 9.59 Å². The lowest BCUT2D eigenvalue weighted by molar-refractivity contribution is -0.126. The van der Waals surface area contributed by atoms with Gasteiger partial charge in [0.05, 0.1) is 16.6 Å². The molecule has 6 nitrogen and oxygen atoms in total. The average Bonchev–Trinajstić information content (AvgIpc) is 3.46. The molecule has 2 amide bonds. The van der Waals surface area contributed by atoms with Crippen molar-refractivity contribution in [1.82, 2.24) is 0 Å². The minimum Gasteiger partial charge on any atom is -0.369 e. The number of aliphatic hydroxyl groups excluding tert-OH is 1. The summed E-state index contributed by atoms with van der Waals surface area (Å²) in [5, 5.41) is 16.6. The van der Waals surface area contributed by atoms with Crippen molar-refractivity contribution in [1.29, 1.82) is 0 Å². The Bertz CT molecular complexity index is 1520. The Balaban J connectivity index is 1.55. The molecule has 0 radical (unpaired) electrons. The number of amides is 2. The molecule has 0 aliphatic heterocycles. The highest BCUT2D eigenvalue weighted by Gasteiger charge is 2.67. The van der Waals surface area contributed by atoms with Crippen molar-refractivity contribution in [2.75, 3.05) is 16.0 Å². The lowest BCUT2D eigenvalue weighted by Crippen LogP contribution is -2.22. The summed E-state index contributed by atoms with van der Waals surface area (Å²) in [6.07, 6.45) is -5.54. The number of carbonyl (C=O) groups excluding carboxylic acids is 2. The molecule has 4 N–H and O–H groups in total. The first-order valence-electron chi connectivity index (χ1n) is 11.3. The Morgan fingerprint density at radius 2 is 1.54 bits per heavy atom. The quantitative estimate of drug-likeness (QED) is 0.111. The molecule has 1 unspecified atom stereocenters. The van der Waals surface area contributed by atoms with E-state index in [-0.39, 0.29) is 15.7 Å². The van der Waals surface area contributed by atoms with Crippen LogP contribution in [-0.4, -0.2) is 27.7 Å². The maximum absolute atomic E-state index is 14.8. The van der Waals surface area contributed by atoms with Crippen LogP contribution in [0, 0.1) is 23.4 Å². The zero-order valence-corrected chi connectivity index (χ0v) is 23.7. The fraction of sp³-hybridized carbons (Fsp3) is 0.200. The maximum atomic E-state index is 14.8. The van der Waals surface area contributed by atoms with E-state index in [1.807, 2.05) is 0 Å². The summed E-state index contributed by atoms with van der Waals surface area (Å²) in [6, 6.07) is 7.85. The Morgan fingerprint density at radius 1 is 0.902 bits per heavy atom. The van der Waals surface area contributed by atoms with Crippen LogP contribution in [0.4, 0.5) is 39.0 Å². The second kappa shape index (κ2) is 12.0. The molecular formula is C25H15Cl5F5N3O3. The van der Waals surface area contributed by atoms with Crippen molar-refractivity contribution in [2.45, 2.75) is 22.9 Å². The van der Waals surface area contributed by atoms with E-state index in [0.29, 0.717) is 11.6 Å². The molecule has 16 heteroatoms.